The first-order valence-electron chi connectivity index (χ1n) is 5.73. The highest BCUT2D eigenvalue weighted by atomic mass is 19.1. The standard InChI is InChI=1S/C12H13F2N3O2/c1-7-2-11(19-17-7)6-15-12(18)16-10-4-8(13)3-9(14)5-10/h3-5,11H,2,6H2,1H3,(H2,15,16,18)/t11-/m1/s1. The van der Waals surface area contributed by atoms with E-state index in [1.54, 1.807) is 0 Å². The molecule has 0 bridgehead atoms. The van der Waals surface area contributed by atoms with Crippen LogP contribution in [0.25, 0.3) is 0 Å². The maximum Gasteiger partial charge on any atom is 0.319 e. The summed E-state index contributed by atoms with van der Waals surface area (Å²) >= 11 is 0. The number of benzene rings is 1. The Morgan fingerprint density at radius 1 is 1.42 bits per heavy atom. The number of urea groups is 1. The van der Waals surface area contributed by atoms with Gasteiger partial charge in [-0.3, -0.25) is 0 Å². The minimum absolute atomic E-state index is 0.0507. The molecule has 0 spiro atoms. The molecule has 102 valence electrons. The number of carbonyl (C=O) groups is 1. The summed E-state index contributed by atoms with van der Waals surface area (Å²) < 4.78 is 25.8. The van der Waals surface area contributed by atoms with E-state index in [0.717, 1.165) is 23.9 Å². The maximum absolute atomic E-state index is 12.9. The first-order valence-corrected chi connectivity index (χ1v) is 5.73. The number of hydrogen-bond donors (Lipinski definition) is 2. The van der Waals surface area contributed by atoms with E-state index in [9.17, 15) is 13.6 Å². The zero-order chi connectivity index (χ0) is 13.8. The lowest BCUT2D eigenvalue weighted by Crippen LogP contribution is -2.35. The monoisotopic (exact) mass is 269 g/mol. The second kappa shape index (κ2) is 5.64. The number of halogens is 2. The van der Waals surface area contributed by atoms with E-state index >= 15 is 0 Å². The summed E-state index contributed by atoms with van der Waals surface area (Å²) in [6.07, 6.45) is 0.449. The Bertz CT molecular complexity index is 499. The van der Waals surface area contributed by atoms with Crippen molar-refractivity contribution in [2.24, 2.45) is 5.16 Å². The predicted octanol–water partition coefficient (Wildman–Crippen LogP) is 2.25. The molecule has 0 aliphatic carbocycles. The number of hydrogen-bond acceptors (Lipinski definition) is 3. The van der Waals surface area contributed by atoms with E-state index < -0.39 is 17.7 Å². The van der Waals surface area contributed by atoms with Gasteiger partial charge in [0.05, 0.1) is 12.3 Å². The summed E-state index contributed by atoms with van der Waals surface area (Å²) in [6, 6.07) is 2.23. The summed E-state index contributed by atoms with van der Waals surface area (Å²) in [7, 11) is 0. The fourth-order valence-electron chi connectivity index (χ4n) is 1.69. The third kappa shape index (κ3) is 3.90. The lowest BCUT2D eigenvalue weighted by atomic mass is 10.2. The molecule has 0 saturated carbocycles. The first kappa shape index (κ1) is 13.3. The molecule has 19 heavy (non-hydrogen) atoms. The highest BCUT2D eigenvalue weighted by Gasteiger charge is 2.18. The van der Waals surface area contributed by atoms with Crippen LogP contribution in [0, 0.1) is 11.6 Å². The molecule has 1 heterocycles. The molecule has 1 atom stereocenters. The Balaban J connectivity index is 1.81. The fraction of sp³-hybridized carbons (Fsp3) is 0.333. The third-order valence-electron chi connectivity index (χ3n) is 2.49. The van der Waals surface area contributed by atoms with Gasteiger partial charge in [0.1, 0.15) is 17.7 Å². The van der Waals surface area contributed by atoms with Crippen LogP contribution in [0.2, 0.25) is 0 Å². The molecule has 2 rings (SSSR count). The summed E-state index contributed by atoms with van der Waals surface area (Å²) in [5.74, 6) is -1.50. The van der Waals surface area contributed by atoms with Crippen molar-refractivity contribution in [1.82, 2.24) is 5.32 Å². The molecule has 1 aromatic carbocycles. The highest BCUT2D eigenvalue weighted by Crippen LogP contribution is 2.13. The van der Waals surface area contributed by atoms with Crippen LogP contribution in [0.15, 0.2) is 23.4 Å². The quantitative estimate of drug-likeness (QED) is 0.884. The molecule has 1 aliphatic heterocycles. The Morgan fingerprint density at radius 3 is 2.68 bits per heavy atom. The van der Waals surface area contributed by atoms with E-state index in [4.69, 9.17) is 4.84 Å². The summed E-state index contributed by atoms with van der Waals surface area (Å²) in [5.41, 5.74) is 0.911. The van der Waals surface area contributed by atoms with Crippen molar-refractivity contribution in [3.63, 3.8) is 0 Å². The number of oxime groups is 1. The Morgan fingerprint density at radius 2 is 2.11 bits per heavy atom. The molecule has 0 saturated heterocycles. The molecular formula is C12H13F2N3O2. The smallest absolute Gasteiger partial charge is 0.319 e. The molecular weight excluding hydrogens is 256 g/mol. The number of amides is 2. The molecule has 2 amide bonds. The van der Waals surface area contributed by atoms with Crippen LogP contribution in [0.5, 0.6) is 0 Å². The predicted molar refractivity (Wildman–Crippen MR) is 66.0 cm³/mol. The third-order valence-corrected chi connectivity index (χ3v) is 2.49. The van der Waals surface area contributed by atoms with Crippen LogP contribution in [-0.2, 0) is 4.84 Å². The van der Waals surface area contributed by atoms with E-state index in [1.165, 1.54) is 0 Å². The van der Waals surface area contributed by atoms with Gasteiger partial charge < -0.3 is 15.5 Å². The number of nitrogens with zero attached hydrogens (tertiary/aromatic N) is 1. The van der Waals surface area contributed by atoms with E-state index in [-0.39, 0.29) is 18.3 Å². The topological polar surface area (TPSA) is 62.7 Å². The van der Waals surface area contributed by atoms with Crippen molar-refractivity contribution < 1.29 is 18.4 Å². The van der Waals surface area contributed by atoms with Gasteiger partial charge in [-0.2, -0.15) is 0 Å². The molecule has 1 aliphatic rings. The van der Waals surface area contributed by atoms with E-state index in [2.05, 4.69) is 15.8 Å². The van der Waals surface area contributed by atoms with Gasteiger partial charge in [0.2, 0.25) is 0 Å². The van der Waals surface area contributed by atoms with Gasteiger partial charge in [-0.1, -0.05) is 5.16 Å². The molecule has 7 heteroatoms. The van der Waals surface area contributed by atoms with E-state index in [1.807, 2.05) is 6.92 Å². The van der Waals surface area contributed by atoms with Crippen LogP contribution in [-0.4, -0.2) is 24.4 Å². The molecule has 5 nitrogen and oxygen atoms in total. The van der Waals surface area contributed by atoms with Crippen molar-refractivity contribution in [2.75, 3.05) is 11.9 Å². The molecule has 2 N–H and O–H groups in total. The molecule has 0 aromatic heterocycles. The second-order valence-corrected chi connectivity index (χ2v) is 4.25. The molecule has 1 aromatic rings. The first-order chi connectivity index (χ1) is 9.02. The number of anilines is 1. The Kier molecular flexibility index (Phi) is 3.94. The zero-order valence-electron chi connectivity index (χ0n) is 10.2. The van der Waals surface area contributed by atoms with Crippen molar-refractivity contribution in [2.45, 2.75) is 19.4 Å². The van der Waals surface area contributed by atoms with Crippen LogP contribution in [0.4, 0.5) is 19.3 Å². The van der Waals surface area contributed by atoms with Gasteiger partial charge in [-0.15, -0.1) is 0 Å². The van der Waals surface area contributed by atoms with E-state index in [0.29, 0.717) is 6.42 Å². The van der Waals surface area contributed by atoms with Gasteiger partial charge >= 0.3 is 6.03 Å². The van der Waals surface area contributed by atoms with Crippen molar-refractivity contribution in [3.05, 3.63) is 29.8 Å². The van der Waals surface area contributed by atoms with Crippen molar-refractivity contribution in [1.29, 1.82) is 0 Å². The van der Waals surface area contributed by atoms with Crippen molar-refractivity contribution >= 4 is 17.4 Å². The lowest BCUT2D eigenvalue weighted by Gasteiger charge is -2.11. The van der Waals surface area contributed by atoms with Gasteiger partial charge in [-0.25, -0.2) is 13.6 Å². The zero-order valence-corrected chi connectivity index (χ0v) is 10.2. The molecule has 0 fully saturated rings. The number of rotatable bonds is 3. The van der Waals surface area contributed by atoms with Crippen LogP contribution in [0.3, 0.4) is 0 Å². The van der Waals surface area contributed by atoms with Gasteiger partial charge in [0, 0.05) is 18.2 Å². The Labute approximate surface area is 108 Å². The SMILES string of the molecule is CC1=NO[C@@H](CNC(=O)Nc2cc(F)cc(F)c2)C1. The minimum atomic E-state index is -0.751. The van der Waals surface area contributed by atoms with Crippen molar-refractivity contribution in [3.8, 4) is 0 Å². The van der Waals surface area contributed by atoms with Gasteiger partial charge in [0.15, 0.2) is 0 Å². The fourth-order valence-corrected chi connectivity index (χ4v) is 1.69. The molecule has 0 radical (unpaired) electrons. The van der Waals surface area contributed by atoms with Gasteiger partial charge in [-0.05, 0) is 19.1 Å². The highest BCUT2D eigenvalue weighted by molar-refractivity contribution is 5.89. The van der Waals surface area contributed by atoms with Crippen LogP contribution >= 0.6 is 0 Å². The largest absolute Gasteiger partial charge is 0.390 e. The summed E-state index contributed by atoms with van der Waals surface area (Å²) in [5, 5.41) is 8.62. The summed E-state index contributed by atoms with van der Waals surface area (Å²) in [4.78, 5) is 16.5. The summed E-state index contributed by atoms with van der Waals surface area (Å²) in [6.45, 7) is 2.10. The Hall–Kier alpha value is -2.18. The average molecular weight is 269 g/mol. The maximum atomic E-state index is 12.9. The number of nitrogens with one attached hydrogen (secondary N) is 2. The average Bonchev–Trinajstić information content (AvgIpc) is 2.71. The molecule has 0 unspecified atom stereocenters. The second-order valence-electron chi connectivity index (χ2n) is 4.25. The lowest BCUT2D eigenvalue weighted by molar-refractivity contribution is 0.0870. The number of carbonyl (C=O) groups excluding carboxylic acids is 1. The van der Waals surface area contributed by atoms with Crippen LogP contribution in [0.1, 0.15) is 13.3 Å². The van der Waals surface area contributed by atoms with Gasteiger partial charge in [0.25, 0.3) is 0 Å². The van der Waals surface area contributed by atoms with Crippen LogP contribution < -0.4 is 10.6 Å². The minimum Gasteiger partial charge on any atom is -0.390 e. The normalized spacial score (nSPS) is 17.6.